The molecule has 1 fully saturated rings. The smallest absolute Gasteiger partial charge is 0.125 e. The molecule has 0 spiro atoms. The molecule has 16 heavy (non-hydrogen) atoms. The predicted octanol–water partition coefficient (Wildman–Crippen LogP) is 1.53. The largest absolute Gasteiger partial charge is 0.380 e. The summed E-state index contributed by atoms with van der Waals surface area (Å²) < 4.78 is 5.35. The summed E-state index contributed by atoms with van der Waals surface area (Å²) in [6.07, 6.45) is 3.02. The highest BCUT2D eigenvalue weighted by Crippen LogP contribution is 2.17. The quantitative estimate of drug-likeness (QED) is 0.841. The molecule has 0 radical (unpaired) electrons. The number of hydrogen-bond acceptors (Lipinski definition) is 4. The number of rotatable bonds is 3. The summed E-state index contributed by atoms with van der Waals surface area (Å²) in [5, 5.41) is 3.55. The summed E-state index contributed by atoms with van der Waals surface area (Å²) in [4.78, 5) is 8.64. The Morgan fingerprint density at radius 3 is 2.94 bits per heavy atom. The van der Waals surface area contributed by atoms with Crippen molar-refractivity contribution in [3.8, 4) is 0 Å². The van der Waals surface area contributed by atoms with Crippen LogP contribution in [0.3, 0.4) is 0 Å². The summed E-state index contributed by atoms with van der Waals surface area (Å²) in [5.41, 5.74) is 2.24. The van der Waals surface area contributed by atoms with E-state index in [1.54, 1.807) is 0 Å². The molecule has 1 saturated heterocycles. The van der Waals surface area contributed by atoms with Crippen LogP contribution in [0, 0.1) is 13.8 Å². The van der Waals surface area contributed by atoms with Gasteiger partial charge in [0.25, 0.3) is 0 Å². The first kappa shape index (κ1) is 11.5. The fourth-order valence-electron chi connectivity index (χ4n) is 2.13. The SMILES string of the molecule is Cc1ncc(C(C)NC2CCOC2)c(C)n1. The van der Waals surface area contributed by atoms with Crippen molar-refractivity contribution in [2.45, 2.75) is 39.3 Å². The van der Waals surface area contributed by atoms with Crippen LogP contribution in [0.5, 0.6) is 0 Å². The first-order valence-corrected chi connectivity index (χ1v) is 5.80. The lowest BCUT2D eigenvalue weighted by atomic mass is 10.1. The molecule has 4 heteroatoms. The van der Waals surface area contributed by atoms with Crippen LogP contribution >= 0.6 is 0 Å². The van der Waals surface area contributed by atoms with Crippen molar-refractivity contribution < 1.29 is 4.74 Å². The van der Waals surface area contributed by atoms with Crippen molar-refractivity contribution in [1.82, 2.24) is 15.3 Å². The van der Waals surface area contributed by atoms with Crippen LogP contribution < -0.4 is 5.32 Å². The molecule has 1 aliphatic heterocycles. The van der Waals surface area contributed by atoms with E-state index in [0.29, 0.717) is 6.04 Å². The summed E-state index contributed by atoms with van der Waals surface area (Å²) in [7, 11) is 0. The molecule has 0 aromatic carbocycles. The first-order valence-electron chi connectivity index (χ1n) is 5.80. The number of aromatic nitrogens is 2. The highest BCUT2D eigenvalue weighted by molar-refractivity contribution is 5.19. The Morgan fingerprint density at radius 1 is 1.50 bits per heavy atom. The highest BCUT2D eigenvalue weighted by atomic mass is 16.5. The van der Waals surface area contributed by atoms with Crippen LogP contribution in [-0.4, -0.2) is 29.2 Å². The van der Waals surface area contributed by atoms with E-state index in [2.05, 4.69) is 22.2 Å². The molecule has 0 amide bonds. The van der Waals surface area contributed by atoms with Gasteiger partial charge in [-0.2, -0.15) is 0 Å². The van der Waals surface area contributed by atoms with Gasteiger partial charge in [0.15, 0.2) is 0 Å². The molecule has 1 aliphatic rings. The maximum atomic E-state index is 5.35. The van der Waals surface area contributed by atoms with Gasteiger partial charge in [-0.05, 0) is 27.2 Å². The predicted molar refractivity (Wildman–Crippen MR) is 62.3 cm³/mol. The van der Waals surface area contributed by atoms with E-state index >= 15 is 0 Å². The molecular weight excluding hydrogens is 202 g/mol. The summed E-state index contributed by atoms with van der Waals surface area (Å²) in [5.74, 6) is 0.831. The molecule has 4 nitrogen and oxygen atoms in total. The summed E-state index contributed by atoms with van der Waals surface area (Å²) >= 11 is 0. The maximum Gasteiger partial charge on any atom is 0.125 e. The fraction of sp³-hybridized carbons (Fsp3) is 0.667. The third-order valence-electron chi connectivity index (χ3n) is 3.02. The van der Waals surface area contributed by atoms with E-state index in [4.69, 9.17) is 4.74 Å². The molecule has 0 aliphatic carbocycles. The second-order valence-electron chi connectivity index (χ2n) is 4.41. The Hall–Kier alpha value is -1.00. The van der Waals surface area contributed by atoms with E-state index in [9.17, 15) is 0 Å². The minimum Gasteiger partial charge on any atom is -0.380 e. The Labute approximate surface area is 96.4 Å². The van der Waals surface area contributed by atoms with Gasteiger partial charge in [0.05, 0.1) is 6.61 Å². The Morgan fingerprint density at radius 2 is 2.31 bits per heavy atom. The zero-order valence-corrected chi connectivity index (χ0v) is 10.2. The number of nitrogens with zero attached hydrogens (tertiary/aromatic N) is 2. The fourth-order valence-corrected chi connectivity index (χ4v) is 2.13. The lowest BCUT2D eigenvalue weighted by Crippen LogP contribution is -2.32. The first-order chi connectivity index (χ1) is 7.66. The molecule has 0 bridgehead atoms. The Kier molecular flexibility index (Phi) is 3.51. The number of aryl methyl sites for hydroxylation is 2. The summed E-state index contributed by atoms with van der Waals surface area (Å²) in [6.45, 7) is 7.79. The van der Waals surface area contributed by atoms with Gasteiger partial charge in [0.2, 0.25) is 0 Å². The van der Waals surface area contributed by atoms with Gasteiger partial charge in [0, 0.05) is 36.1 Å². The van der Waals surface area contributed by atoms with Crippen molar-refractivity contribution in [3.63, 3.8) is 0 Å². The minimum absolute atomic E-state index is 0.285. The zero-order chi connectivity index (χ0) is 11.5. The van der Waals surface area contributed by atoms with Crippen molar-refractivity contribution >= 4 is 0 Å². The van der Waals surface area contributed by atoms with Crippen molar-refractivity contribution in [2.75, 3.05) is 13.2 Å². The van der Waals surface area contributed by atoms with E-state index in [0.717, 1.165) is 31.2 Å². The van der Waals surface area contributed by atoms with Crippen LogP contribution in [0.1, 0.15) is 36.5 Å². The molecule has 0 saturated carbocycles. The van der Waals surface area contributed by atoms with Crippen molar-refractivity contribution in [2.24, 2.45) is 0 Å². The van der Waals surface area contributed by atoms with Crippen LogP contribution in [0.4, 0.5) is 0 Å². The van der Waals surface area contributed by atoms with Gasteiger partial charge in [-0.3, -0.25) is 0 Å². The molecule has 2 heterocycles. The third kappa shape index (κ3) is 2.57. The standard InChI is InChI=1S/C12H19N3O/c1-8-12(6-13-10(3)14-8)9(2)15-11-4-5-16-7-11/h6,9,11,15H,4-5,7H2,1-3H3. The lowest BCUT2D eigenvalue weighted by Gasteiger charge is -2.19. The maximum absolute atomic E-state index is 5.35. The average molecular weight is 221 g/mol. The molecule has 2 unspecified atom stereocenters. The van der Waals surface area contributed by atoms with Gasteiger partial charge in [-0.15, -0.1) is 0 Å². The van der Waals surface area contributed by atoms with Crippen LogP contribution in [0.2, 0.25) is 0 Å². The van der Waals surface area contributed by atoms with Gasteiger partial charge >= 0.3 is 0 Å². The van der Waals surface area contributed by atoms with Crippen molar-refractivity contribution in [3.05, 3.63) is 23.3 Å². The normalized spacial score (nSPS) is 22.3. The van der Waals surface area contributed by atoms with Gasteiger partial charge in [-0.25, -0.2) is 9.97 Å². The van der Waals surface area contributed by atoms with E-state index < -0.39 is 0 Å². The molecule has 2 rings (SSSR count). The second kappa shape index (κ2) is 4.89. The Balaban J connectivity index is 2.04. The second-order valence-corrected chi connectivity index (χ2v) is 4.41. The Bertz CT molecular complexity index is 361. The van der Waals surface area contributed by atoms with Crippen LogP contribution in [0.25, 0.3) is 0 Å². The number of hydrogen-bond donors (Lipinski definition) is 1. The minimum atomic E-state index is 0.285. The molecule has 1 N–H and O–H groups in total. The van der Waals surface area contributed by atoms with Gasteiger partial charge in [0.1, 0.15) is 5.82 Å². The van der Waals surface area contributed by atoms with E-state index in [1.807, 2.05) is 20.0 Å². The molecule has 1 aromatic heterocycles. The van der Waals surface area contributed by atoms with E-state index in [-0.39, 0.29) is 6.04 Å². The van der Waals surface area contributed by atoms with Crippen molar-refractivity contribution in [1.29, 1.82) is 0 Å². The lowest BCUT2D eigenvalue weighted by molar-refractivity contribution is 0.188. The average Bonchev–Trinajstić information content (AvgIpc) is 2.70. The third-order valence-corrected chi connectivity index (χ3v) is 3.02. The monoisotopic (exact) mass is 221 g/mol. The van der Waals surface area contributed by atoms with E-state index in [1.165, 1.54) is 5.56 Å². The topological polar surface area (TPSA) is 47.0 Å². The molecular formula is C12H19N3O. The summed E-state index contributed by atoms with van der Waals surface area (Å²) in [6, 6.07) is 0.753. The van der Waals surface area contributed by atoms with Gasteiger partial charge in [-0.1, -0.05) is 0 Å². The van der Waals surface area contributed by atoms with Crippen LogP contribution in [0.15, 0.2) is 6.20 Å². The number of ether oxygens (including phenoxy) is 1. The highest BCUT2D eigenvalue weighted by Gasteiger charge is 2.19. The molecule has 2 atom stereocenters. The van der Waals surface area contributed by atoms with Gasteiger partial charge < -0.3 is 10.1 Å². The molecule has 1 aromatic rings. The molecule has 88 valence electrons. The zero-order valence-electron chi connectivity index (χ0n) is 10.2. The number of nitrogens with one attached hydrogen (secondary N) is 1. The van der Waals surface area contributed by atoms with Crippen LogP contribution in [-0.2, 0) is 4.74 Å².